The normalized spacial score (nSPS) is 11.2. The number of aromatic nitrogens is 3. The molecule has 1 aromatic carbocycles. The number of thiophene rings is 1. The Morgan fingerprint density at radius 3 is 2.43 bits per heavy atom. The minimum absolute atomic E-state index is 0.00291. The van der Waals surface area contributed by atoms with Gasteiger partial charge in [0.2, 0.25) is 0 Å². The van der Waals surface area contributed by atoms with E-state index in [2.05, 4.69) is 35.6 Å². The molecule has 2 amide bonds. The topological polar surface area (TPSA) is 151 Å². The Balaban J connectivity index is 1.07. The van der Waals surface area contributed by atoms with E-state index in [0.29, 0.717) is 70.6 Å². The van der Waals surface area contributed by atoms with Crippen LogP contribution in [0.15, 0.2) is 71.7 Å². The van der Waals surface area contributed by atoms with E-state index in [-0.39, 0.29) is 17.3 Å². The van der Waals surface area contributed by atoms with E-state index in [9.17, 15) is 9.18 Å². The molecule has 0 fully saturated rings. The van der Waals surface area contributed by atoms with Gasteiger partial charge in [-0.2, -0.15) is 0 Å². The number of halogens is 1. The molecule has 0 unspecified atom stereocenters. The van der Waals surface area contributed by atoms with Crippen molar-refractivity contribution < 1.29 is 37.4 Å². The Kier molecular flexibility index (Phi) is 13.0. The van der Waals surface area contributed by atoms with E-state index in [4.69, 9.17) is 23.7 Å². The predicted octanol–water partition coefficient (Wildman–Crippen LogP) is 5.71. The summed E-state index contributed by atoms with van der Waals surface area (Å²) in [6, 6.07) is 12.6. The number of benzene rings is 1. The molecule has 5 aromatic rings. The quantitative estimate of drug-likeness (QED) is 0.0930. The van der Waals surface area contributed by atoms with Gasteiger partial charge in [-0.25, -0.2) is 9.18 Å². The molecule has 5 rings (SSSR count). The number of urea groups is 1. The fourth-order valence-electron chi connectivity index (χ4n) is 4.19. The summed E-state index contributed by atoms with van der Waals surface area (Å²) in [6.07, 6.45) is 4.76. The van der Waals surface area contributed by atoms with Crippen LogP contribution in [0.4, 0.5) is 20.7 Å². The molecule has 0 bridgehead atoms. The Morgan fingerprint density at radius 2 is 1.70 bits per heavy atom. The third kappa shape index (κ3) is 10.5. The van der Waals surface area contributed by atoms with Crippen molar-refractivity contribution in [2.24, 2.45) is 0 Å². The number of amides is 2. The highest BCUT2D eigenvalue weighted by atomic mass is 32.1. The molecule has 0 aliphatic heterocycles. The molecule has 4 heterocycles. The number of nitrogens with one attached hydrogen (secondary N) is 3. The van der Waals surface area contributed by atoms with Crippen molar-refractivity contribution >= 4 is 39.1 Å². The number of carbonyl (C=O) groups excluding carboxylic acids is 1. The summed E-state index contributed by atoms with van der Waals surface area (Å²) in [5, 5.41) is 12.0. The van der Waals surface area contributed by atoms with E-state index in [1.807, 2.05) is 24.4 Å². The monoisotopic (exact) mass is 666 g/mol. The lowest BCUT2D eigenvalue weighted by molar-refractivity contribution is 0.00408. The van der Waals surface area contributed by atoms with Crippen LogP contribution in [0.25, 0.3) is 20.8 Å². The summed E-state index contributed by atoms with van der Waals surface area (Å²) in [5.74, 6) is 0.0440. The highest BCUT2D eigenvalue weighted by molar-refractivity contribution is 7.22. The zero-order valence-electron chi connectivity index (χ0n) is 25.7. The Bertz CT molecular complexity index is 1690. The molecule has 0 saturated carbocycles. The smallest absolute Gasteiger partial charge is 0.324 e. The van der Waals surface area contributed by atoms with Crippen LogP contribution in [0.5, 0.6) is 11.5 Å². The molecule has 0 radical (unpaired) electrons. The van der Waals surface area contributed by atoms with Gasteiger partial charge in [0.15, 0.2) is 17.4 Å². The first-order valence-electron chi connectivity index (χ1n) is 14.8. The zero-order valence-corrected chi connectivity index (χ0v) is 26.5. The van der Waals surface area contributed by atoms with Gasteiger partial charge in [-0.3, -0.25) is 15.3 Å². The first-order chi connectivity index (χ1) is 23.1. The van der Waals surface area contributed by atoms with Crippen molar-refractivity contribution in [2.45, 2.75) is 6.54 Å². The highest BCUT2D eigenvalue weighted by Gasteiger charge is 2.15. The van der Waals surface area contributed by atoms with Crippen LogP contribution in [0.3, 0.4) is 0 Å². The molecule has 4 aromatic heterocycles. The third-order valence-corrected chi connectivity index (χ3v) is 7.63. The fourth-order valence-corrected chi connectivity index (χ4v) is 5.24. The average molecular weight is 667 g/mol. The molecule has 0 aliphatic rings. The molecule has 0 spiro atoms. The highest BCUT2D eigenvalue weighted by Crippen LogP contribution is 2.39. The SMILES string of the molecule is COCCOCCOCCOCCNCc1ccc(-c2cc3nccc(Oc4ccc(NC(=O)Nc5ccon5)cc4F)c3s2)nc1. The molecule has 47 heavy (non-hydrogen) atoms. The number of pyridine rings is 2. The van der Waals surface area contributed by atoms with E-state index in [1.54, 1.807) is 19.4 Å². The van der Waals surface area contributed by atoms with Crippen LogP contribution in [0.1, 0.15) is 5.56 Å². The first-order valence-corrected chi connectivity index (χ1v) is 15.6. The minimum atomic E-state index is -0.645. The van der Waals surface area contributed by atoms with Gasteiger partial charge in [0.1, 0.15) is 12.0 Å². The number of hydrogen-bond acceptors (Lipinski definition) is 12. The van der Waals surface area contributed by atoms with E-state index in [0.717, 1.165) is 20.8 Å². The largest absolute Gasteiger partial charge is 0.453 e. The minimum Gasteiger partial charge on any atom is -0.453 e. The van der Waals surface area contributed by atoms with Crippen LogP contribution < -0.4 is 20.7 Å². The van der Waals surface area contributed by atoms with Crippen molar-refractivity contribution in [3.05, 3.63) is 78.6 Å². The van der Waals surface area contributed by atoms with E-state index >= 15 is 0 Å². The number of hydrogen-bond donors (Lipinski definition) is 3. The maximum absolute atomic E-state index is 14.9. The van der Waals surface area contributed by atoms with Crippen LogP contribution in [0, 0.1) is 5.82 Å². The molecule has 15 heteroatoms. The van der Waals surface area contributed by atoms with Gasteiger partial charge in [0.05, 0.1) is 67.0 Å². The third-order valence-electron chi connectivity index (χ3n) is 6.47. The zero-order chi connectivity index (χ0) is 32.7. The van der Waals surface area contributed by atoms with Gasteiger partial charge in [0.25, 0.3) is 0 Å². The fraction of sp³-hybridized carbons (Fsp3) is 0.312. The number of anilines is 2. The number of carbonyl (C=O) groups is 1. The second-order valence-corrected chi connectivity index (χ2v) is 11.0. The lowest BCUT2D eigenvalue weighted by Crippen LogP contribution is -2.20. The van der Waals surface area contributed by atoms with Crippen LogP contribution in [0.2, 0.25) is 0 Å². The van der Waals surface area contributed by atoms with Crippen LogP contribution in [-0.2, 0) is 25.5 Å². The second-order valence-electron chi connectivity index (χ2n) is 9.90. The summed E-state index contributed by atoms with van der Waals surface area (Å²) in [6.45, 7) is 5.20. The maximum atomic E-state index is 14.9. The van der Waals surface area contributed by atoms with Gasteiger partial charge in [-0.1, -0.05) is 11.2 Å². The number of methoxy groups -OCH3 is 1. The van der Waals surface area contributed by atoms with Crippen molar-refractivity contribution in [3.63, 3.8) is 0 Å². The van der Waals surface area contributed by atoms with Crippen LogP contribution in [-0.4, -0.2) is 81.1 Å². The summed E-state index contributed by atoms with van der Waals surface area (Å²) < 4.78 is 47.6. The first kappa shape index (κ1) is 33.8. The van der Waals surface area contributed by atoms with E-state index < -0.39 is 11.8 Å². The molecule has 0 saturated heterocycles. The number of nitrogens with zero attached hydrogens (tertiary/aromatic N) is 3. The Labute approximate surface area is 274 Å². The summed E-state index contributed by atoms with van der Waals surface area (Å²) in [7, 11) is 1.64. The lowest BCUT2D eigenvalue weighted by atomic mass is 10.2. The van der Waals surface area contributed by atoms with Gasteiger partial charge < -0.3 is 38.8 Å². The van der Waals surface area contributed by atoms with E-state index in [1.165, 1.54) is 41.9 Å². The summed E-state index contributed by atoms with van der Waals surface area (Å²) in [4.78, 5) is 22.1. The molecule has 248 valence electrons. The number of ether oxygens (including phenoxy) is 5. The van der Waals surface area contributed by atoms with Crippen molar-refractivity contribution in [2.75, 3.05) is 70.5 Å². The van der Waals surface area contributed by atoms with Gasteiger partial charge in [-0.05, 0) is 29.8 Å². The molecule has 3 N–H and O–H groups in total. The van der Waals surface area contributed by atoms with Crippen molar-refractivity contribution in [3.8, 4) is 22.1 Å². The van der Waals surface area contributed by atoms with Gasteiger partial charge in [-0.15, -0.1) is 11.3 Å². The molecule has 0 aliphatic carbocycles. The average Bonchev–Trinajstić information content (AvgIpc) is 3.75. The molecule has 13 nitrogen and oxygen atoms in total. The molecular formula is C32H35FN6O7S. The Hall–Kier alpha value is -4.51. The predicted molar refractivity (Wildman–Crippen MR) is 175 cm³/mol. The van der Waals surface area contributed by atoms with Crippen molar-refractivity contribution in [1.82, 2.24) is 20.4 Å². The second kappa shape index (κ2) is 18.0. The molecule has 0 atom stereocenters. The lowest BCUT2D eigenvalue weighted by Gasteiger charge is -2.10. The summed E-state index contributed by atoms with van der Waals surface area (Å²) >= 11 is 1.45. The van der Waals surface area contributed by atoms with Gasteiger partial charge in [0, 0.05) is 56.5 Å². The maximum Gasteiger partial charge on any atom is 0.324 e. The number of rotatable bonds is 19. The molecular weight excluding hydrogens is 631 g/mol. The van der Waals surface area contributed by atoms with Gasteiger partial charge >= 0.3 is 6.03 Å². The van der Waals surface area contributed by atoms with Crippen LogP contribution >= 0.6 is 11.3 Å². The summed E-state index contributed by atoms with van der Waals surface area (Å²) in [5.41, 5.74) is 2.78. The standard InChI is InChI=1S/C32H35FN6O7S/c1-41-12-13-43-16-17-44-15-14-42-11-9-34-20-22-2-4-25(36-21-22)29-19-26-31(47-29)28(6-8-35-26)46-27-5-3-23(18-24(27)33)37-32(40)38-30-7-10-45-39-30/h2-8,10,18-19,21,34H,9,11-17,20H2,1H3,(H2,37,38,39,40). The van der Waals surface area contributed by atoms with Crippen molar-refractivity contribution in [1.29, 1.82) is 0 Å². The number of fused-ring (bicyclic) bond motifs is 1. The Morgan fingerprint density at radius 1 is 0.894 bits per heavy atom.